The van der Waals surface area contributed by atoms with Gasteiger partial charge in [0.05, 0.1) is 22.8 Å². The fraction of sp³-hybridized carbons (Fsp3) is 0.407. The predicted octanol–water partition coefficient (Wildman–Crippen LogP) is 3.42. The Morgan fingerprint density at radius 3 is 2.74 bits per heavy atom. The maximum absolute atomic E-state index is 15.3. The van der Waals surface area contributed by atoms with Gasteiger partial charge in [0.2, 0.25) is 0 Å². The molecule has 4 aliphatic heterocycles. The van der Waals surface area contributed by atoms with Crippen LogP contribution in [0.25, 0.3) is 10.9 Å². The smallest absolute Gasteiger partial charge is 0.146 e. The highest BCUT2D eigenvalue weighted by atomic mass is 19.1. The molecule has 1 aromatic heterocycles. The normalized spacial score (nSPS) is 25.0. The lowest BCUT2D eigenvalue weighted by Crippen LogP contribution is -2.71. The quantitative estimate of drug-likeness (QED) is 0.641. The summed E-state index contributed by atoms with van der Waals surface area (Å²) in [4.78, 5) is 11.6. The molecule has 5 heterocycles. The van der Waals surface area contributed by atoms with Crippen LogP contribution in [0.3, 0.4) is 0 Å². The van der Waals surface area contributed by atoms with E-state index in [0.717, 1.165) is 73.7 Å². The van der Waals surface area contributed by atoms with Crippen molar-refractivity contribution < 1.29 is 4.39 Å². The number of pyridine rings is 1. The van der Waals surface area contributed by atoms with Gasteiger partial charge in [-0.05, 0) is 54.4 Å². The molecule has 1 spiro atoms. The number of piperazine rings is 1. The molecule has 7 heteroatoms. The number of hydrogen-bond donors (Lipinski definition) is 1. The first-order valence-corrected chi connectivity index (χ1v) is 12.1. The van der Waals surface area contributed by atoms with E-state index in [1.807, 2.05) is 24.3 Å². The zero-order valence-corrected chi connectivity index (χ0v) is 19.3. The van der Waals surface area contributed by atoms with Gasteiger partial charge >= 0.3 is 0 Å². The van der Waals surface area contributed by atoms with Gasteiger partial charge in [-0.2, -0.15) is 5.26 Å². The van der Waals surface area contributed by atoms with Crippen LogP contribution in [-0.2, 0) is 6.54 Å². The second-order valence-corrected chi connectivity index (χ2v) is 10.5. The molecule has 0 aliphatic carbocycles. The number of benzene rings is 2. The third kappa shape index (κ3) is 2.82. The molecular formula is C27H27FN6. The molecule has 2 aromatic carbocycles. The van der Waals surface area contributed by atoms with E-state index in [9.17, 15) is 5.26 Å². The predicted molar refractivity (Wildman–Crippen MR) is 130 cm³/mol. The number of nitriles is 1. The van der Waals surface area contributed by atoms with Crippen LogP contribution in [0, 0.1) is 22.6 Å². The first kappa shape index (κ1) is 20.2. The van der Waals surface area contributed by atoms with Crippen LogP contribution in [0.2, 0.25) is 0 Å². The maximum atomic E-state index is 15.3. The summed E-state index contributed by atoms with van der Waals surface area (Å²) in [6.45, 7) is 8.83. The van der Waals surface area contributed by atoms with E-state index in [2.05, 4.69) is 44.1 Å². The lowest BCUT2D eigenvalue weighted by Gasteiger charge is -2.57. The molecule has 172 valence electrons. The van der Waals surface area contributed by atoms with Gasteiger partial charge in [0.25, 0.3) is 0 Å². The number of nitrogens with one attached hydrogen (secondary N) is 1. The standard InChI is InChI=1S/C27H27FN6/c1-17-10-32(23-5-4-18(9-29)26-20(23)3-2-6-31-26)12-25-21-8-22(28)24(7-19(21)11-34(17)25)33-15-27(16-33)13-30-14-27/h2-8,17,25,30H,10-16H2,1H3. The van der Waals surface area contributed by atoms with Crippen LogP contribution >= 0.6 is 0 Å². The van der Waals surface area contributed by atoms with E-state index < -0.39 is 0 Å². The highest BCUT2D eigenvalue weighted by Gasteiger charge is 2.48. The molecule has 4 aliphatic rings. The Hall–Kier alpha value is -3.21. The van der Waals surface area contributed by atoms with Crippen molar-refractivity contribution in [2.24, 2.45) is 5.41 Å². The summed E-state index contributed by atoms with van der Waals surface area (Å²) in [5.41, 5.74) is 5.95. The summed E-state index contributed by atoms with van der Waals surface area (Å²) in [6.07, 6.45) is 1.74. The first-order chi connectivity index (χ1) is 16.5. The van der Waals surface area contributed by atoms with E-state index in [0.29, 0.717) is 17.0 Å². The van der Waals surface area contributed by atoms with Crippen LogP contribution < -0.4 is 15.1 Å². The zero-order valence-electron chi connectivity index (χ0n) is 19.3. The van der Waals surface area contributed by atoms with Crippen molar-refractivity contribution in [1.29, 1.82) is 5.26 Å². The molecule has 0 bridgehead atoms. The maximum Gasteiger partial charge on any atom is 0.146 e. The van der Waals surface area contributed by atoms with Crippen LogP contribution in [0.5, 0.6) is 0 Å². The molecule has 1 N–H and O–H groups in total. The van der Waals surface area contributed by atoms with Gasteiger partial charge in [0, 0.05) is 74.5 Å². The Kier molecular flexibility index (Phi) is 4.24. The van der Waals surface area contributed by atoms with Crippen molar-refractivity contribution in [3.63, 3.8) is 0 Å². The molecule has 3 saturated heterocycles. The Balaban J connectivity index is 1.21. The molecule has 3 fully saturated rings. The van der Waals surface area contributed by atoms with Crippen molar-refractivity contribution in [3.05, 3.63) is 65.1 Å². The van der Waals surface area contributed by atoms with E-state index in [1.165, 1.54) is 5.56 Å². The highest BCUT2D eigenvalue weighted by molar-refractivity contribution is 5.95. The largest absolute Gasteiger partial charge is 0.368 e. The van der Waals surface area contributed by atoms with Gasteiger partial charge < -0.3 is 15.1 Å². The zero-order chi connectivity index (χ0) is 23.0. The second kappa shape index (κ2) is 7.14. The SMILES string of the molecule is CC1CN(c2ccc(C#N)c3ncccc23)CC2c3cc(F)c(N4CC5(CNC5)C4)cc3CN12. The third-order valence-electron chi connectivity index (χ3n) is 8.37. The van der Waals surface area contributed by atoms with Crippen molar-refractivity contribution in [2.75, 3.05) is 49.1 Å². The van der Waals surface area contributed by atoms with Gasteiger partial charge in [-0.1, -0.05) is 0 Å². The number of nitrogens with zero attached hydrogens (tertiary/aromatic N) is 5. The van der Waals surface area contributed by atoms with Crippen LogP contribution in [0.1, 0.15) is 29.7 Å². The van der Waals surface area contributed by atoms with E-state index in [1.54, 1.807) is 12.3 Å². The number of fused-ring (bicyclic) bond motifs is 4. The van der Waals surface area contributed by atoms with Gasteiger partial charge in [-0.25, -0.2) is 4.39 Å². The molecule has 3 aromatic rings. The first-order valence-electron chi connectivity index (χ1n) is 12.1. The monoisotopic (exact) mass is 454 g/mol. The number of aromatic nitrogens is 1. The summed E-state index contributed by atoms with van der Waals surface area (Å²) in [7, 11) is 0. The molecular weight excluding hydrogens is 427 g/mol. The summed E-state index contributed by atoms with van der Waals surface area (Å²) in [6, 6.07) is 14.5. The van der Waals surface area contributed by atoms with Crippen molar-refractivity contribution in [3.8, 4) is 6.07 Å². The number of anilines is 2. The fourth-order valence-electron chi connectivity index (χ4n) is 6.53. The Labute approximate surface area is 198 Å². The lowest BCUT2D eigenvalue weighted by atomic mass is 9.74. The second-order valence-electron chi connectivity index (χ2n) is 10.5. The van der Waals surface area contributed by atoms with E-state index >= 15 is 4.39 Å². The summed E-state index contributed by atoms with van der Waals surface area (Å²) < 4.78 is 15.3. The van der Waals surface area contributed by atoms with E-state index in [4.69, 9.17) is 0 Å². The topological polar surface area (TPSA) is 58.4 Å². The van der Waals surface area contributed by atoms with Gasteiger partial charge in [-0.15, -0.1) is 0 Å². The van der Waals surface area contributed by atoms with Crippen molar-refractivity contribution in [2.45, 2.75) is 25.6 Å². The minimum Gasteiger partial charge on any atom is -0.368 e. The minimum absolute atomic E-state index is 0.0967. The summed E-state index contributed by atoms with van der Waals surface area (Å²) in [5, 5.41) is 13.9. The van der Waals surface area contributed by atoms with Gasteiger partial charge in [0.15, 0.2) is 0 Å². The molecule has 6 nitrogen and oxygen atoms in total. The number of rotatable bonds is 2. The average molecular weight is 455 g/mol. The highest BCUT2D eigenvalue weighted by Crippen LogP contribution is 2.45. The molecule has 0 amide bonds. The minimum atomic E-state index is -0.0967. The molecule has 0 saturated carbocycles. The van der Waals surface area contributed by atoms with Gasteiger partial charge in [-0.3, -0.25) is 9.88 Å². The summed E-state index contributed by atoms with van der Waals surface area (Å²) in [5.74, 6) is -0.0967. The Morgan fingerprint density at radius 2 is 1.97 bits per heavy atom. The number of hydrogen-bond acceptors (Lipinski definition) is 6. The third-order valence-corrected chi connectivity index (χ3v) is 8.37. The average Bonchev–Trinajstić information content (AvgIpc) is 3.14. The summed E-state index contributed by atoms with van der Waals surface area (Å²) >= 11 is 0. The van der Waals surface area contributed by atoms with Crippen LogP contribution in [0.15, 0.2) is 42.6 Å². The van der Waals surface area contributed by atoms with E-state index in [-0.39, 0.29) is 11.9 Å². The Morgan fingerprint density at radius 1 is 1.12 bits per heavy atom. The fourth-order valence-corrected chi connectivity index (χ4v) is 6.53. The van der Waals surface area contributed by atoms with Crippen molar-refractivity contribution in [1.82, 2.24) is 15.2 Å². The Bertz CT molecular complexity index is 1350. The molecule has 2 unspecified atom stereocenters. The van der Waals surface area contributed by atoms with Crippen LogP contribution in [0.4, 0.5) is 15.8 Å². The molecule has 34 heavy (non-hydrogen) atoms. The molecule has 2 atom stereocenters. The molecule has 0 radical (unpaired) electrons. The molecule has 7 rings (SSSR count). The van der Waals surface area contributed by atoms with Gasteiger partial charge in [0.1, 0.15) is 11.9 Å². The van der Waals surface area contributed by atoms with Crippen LogP contribution in [-0.4, -0.2) is 55.2 Å². The lowest BCUT2D eigenvalue weighted by molar-refractivity contribution is 0.120. The van der Waals surface area contributed by atoms with Crippen molar-refractivity contribution >= 4 is 22.3 Å². The number of halogens is 1.